The molecule has 0 aliphatic rings. The molecule has 2 aromatic rings. The van der Waals surface area contributed by atoms with Crippen molar-refractivity contribution in [3.05, 3.63) is 64.2 Å². The summed E-state index contributed by atoms with van der Waals surface area (Å²) in [4.78, 5) is 0. The number of phenolic OH excluding ortho intramolecular Hbond substituents is 1. The van der Waals surface area contributed by atoms with Gasteiger partial charge >= 0.3 is 0 Å². The van der Waals surface area contributed by atoms with E-state index in [-0.39, 0.29) is 11.8 Å². The fourth-order valence-electron chi connectivity index (χ4n) is 2.02. The molecule has 2 N–H and O–H groups in total. The first kappa shape index (κ1) is 13.9. The highest BCUT2D eigenvalue weighted by Gasteiger charge is 2.07. The molecule has 0 bridgehead atoms. The summed E-state index contributed by atoms with van der Waals surface area (Å²) >= 11 is 5.93. The summed E-state index contributed by atoms with van der Waals surface area (Å²) in [5.41, 5.74) is 3.30. The second kappa shape index (κ2) is 6.09. The predicted octanol–water partition coefficient (Wildman–Crippen LogP) is 4.20. The summed E-state index contributed by atoms with van der Waals surface area (Å²) in [7, 11) is 0. The minimum atomic E-state index is 0.221. The molecule has 0 radical (unpaired) electrons. The van der Waals surface area contributed by atoms with Crippen LogP contribution in [-0.4, -0.2) is 5.11 Å². The Morgan fingerprint density at radius 1 is 1.21 bits per heavy atom. The van der Waals surface area contributed by atoms with Crippen molar-refractivity contribution in [1.29, 1.82) is 0 Å². The SMILES string of the molecule is Cc1cccc([C@H](C)NCc2cc(Cl)ccc2O)c1. The Hall–Kier alpha value is -1.51. The molecule has 1 atom stereocenters. The van der Waals surface area contributed by atoms with Crippen LogP contribution in [0.5, 0.6) is 5.75 Å². The molecule has 2 nitrogen and oxygen atoms in total. The van der Waals surface area contributed by atoms with Crippen LogP contribution < -0.4 is 5.32 Å². The van der Waals surface area contributed by atoms with E-state index in [1.165, 1.54) is 11.1 Å². The van der Waals surface area contributed by atoms with E-state index in [1.54, 1.807) is 18.2 Å². The lowest BCUT2D eigenvalue weighted by Gasteiger charge is -2.15. The number of aromatic hydroxyl groups is 1. The van der Waals surface area contributed by atoms with Crippen LogP contribution in [0.3, 0.4) is 0 Å². The number of benzene rings is 2. The third kappa shape index (κ3) is 3.72. The lowest BCUT2D eigenvalue weighted by atomic mass is 10.1. The number of nitrogens with one attached hydrogen (secondary N) is 1. The molecule has 2 aromatic carbocycles. The first-order valence-electron chi connectivity index (χ1n) is 6.33. The number of aryl methyl sites for hydroxylation is 1. The van der Waals surface area contributed by atoms with Gasteiger partial charge in [-0.25, -0.2) is 0 Å². The van der Waals surface area contributed by atoms with Gasteiger partial charge in [-0.15, -0.1) is 0 Å². The van der Waals surface area contributed by atoms with E-state index >= 15 is 0 Å². The van der Waals surface area contributed by atoms with Gasteiger partial charge in [0.1, 0.15) is 5.75 Å². The normalized spacial score (nSPS) is 12.4. The monoisotopic (exact) mass is 275 g/mol. The molecule has 3 heteroatoms. The topological polar surface area (TPSA) is 32.3 Å². The number of halogens is 1. The highest BCUT2D eigenvalue weighted by molar-refractivity contribution is 6.30. The Kier molecular flexibility index (Phi) is 4.46. The minimum Gasteiger partial charge on any atom is -0.508 e. The summed E-state index contributed by atoms with van der Waals surface area (Å²) in [6, 6.07) is 13.7. The zero-order chi connectivity index (χ0) is 13.8. The van der Waals surface area contributed by atoms with Crippen LogP contribution in [0.1, 0.15) is 29.7 Å². The van der Waals surface area contributed by atoms with Crippen molar-refractivity contribution >= 4 is 11.6 Å². The first-order valence-corrected chi connectivity index (χ1v) is 6.71. The lowest BCUT2D eigenvalue weighted by Crippen LogP contribution is -2.18. The van der Waals surface area contributed by atoms with E-state index in [0.717, 1.165) is 5.56 Å². The van der Waals surface area contributed by atoms with Crippen LogP contribution in [0.4, 0.5) is 0 Å². The zero-order valence-corrected chi connectivity index (χ0v) is 11.9. The Balaban J connectivity index is 2.04. The van der Waals surface area contributed by atoms with Gasteiger partial charge in [0.15, 0.2) is 0 Å². The summed E-state index contributed by atoms with van der Waals surface area (Å²) in [6.45, 7) is 4.77. The van der Waals surface area contributed by atoms with Crippen molar-refractivity contribution in [2.75, 3.05) is 0 Å². The molecule has 0 amide bonds. The molecule has 0 aliphatic carbocycles. The van der Waals surface area contributed by atoms with E-state index < -0.39 is 0 Å². The van der Waals surface area contributed by atoms with E-state index in [1.807, 2.05) is 0 Å². The zero-order valence-electron chi connectivity index (χ0n) is 11.2. The molecule has 0 aromatic heterocycles. The molecule has 0 aliphatic heterocycles. The van der Waals surface area contributed by atoms with E-state index in [2.05, 4.69) is 43.4 Å². The molecular formula is C16H18ClNO. The van der Waals surface area contributed by atoms with Gasteiger partial charge < -0.3 is 10.4 Å². The Labute approximate surface area is 119 Å². The Morgan fingerprint density at radius 3 is 2.74 bits per heavy atom. The molecule has 100 valence electrons. The van der Waals surface area contributed by atoms with Crippen LogP contribution in [0, 0.1) is 6.92 Å². The quantitative estimate of drug-likeness (QED) is 0.876. The third-order valence-electron chi connectivity index (χ3n) is 3.18. The maximum Gasteiger partial charge on any atom is 0.120 e. The van der Waals surface area contributed by atoms with Crippen molar-refractivity contribution in [3.8, 4) is 5.75 Å². The van der Waals surface area contributed by atoms with Crippen molar-refractivity contribution in [3.63, 3.8) is 0 Å². The molecular weight excluding hydrogens is 258 g/mol. The highest BCUT2D eigenvalue weighted by Crippen LogP contribution is 2.22. The van der Waals surface area contributed by atoms with Crippen molar-refractivity contribution in [2.45, 2.75) is 26.4 Å². The lowest BCUT2D eigenvalue weighted by molar-refractivity contribution is 0.460. The molecule has 0 unspecified atom stereocenters. The second-order valence-corrected chi connectivity index (χ2v) is 5.23. The fraction of sp³-hybridized carbons (Fsp3) is 0.250. The Bertz CT molecular complexity index is 568. The molecule has 0 heterocycles. The van der Waals surface area contributed by atoms with Crippen molar-refractivity contribution in [1.82, 2.24) is 5.32 Å². The largest absolute Gasteiger partial charge is 0.508 e. The smallest absolute Gasteiger partial charge is 0.120 e. The summed E-state index contributed by atoms with van der Waals surface area (Å²) < 4.78 is 0. The third-order valence-corrected chi connectivity index (χ3v) is 3.42. The van der Waals surface area contributed by atoms with Gasteiger partial charge in [-0.1, -0.05) is 41.4 Å². The number of hydrogen-bond donors (Lipinski definition) is 2. The molecule has 0 saturated heterocycles. The average Bonchev–Trinajstić information content (AvgIpc) is 2.39. The minimum absolute atomic E-state index is 0.221. The molecule has 2 rings (SSSR count). The summed E-state index contributed by atoms with van der Waals surface area (Å²) in [5, 5.41) is 13.8. The number of phenols is 1. The molecule has 0 fully saturated rings. The van der Waals surface area contributed by atoms with Gasteiger partial charge in [0.25, 0.3) is 0 Å². The maximum atomic E-state index is 9.76. The second-order valence-electron chi connectivity index (χ2n) is 4.79. The van der Waals surface area contributed by atoms with Crippen molar-refractivity contribution < 1.29 is 5.11 Å². The van der Waals surface area contributed by atoms with Crippen molar-refractivity contribution in [2.24, 2.45) is 0 Å². The van der Waals surface area contributed by atoms with Gasteiger partial charge in [-0.3, -0.25) is 0 Å². The van der Waals surface area contributed by atoms with Crippen LogP contribution >= 0.6 is 11.6 Å². The Morgan fingerprint density at radius 2 is 2.00 bits per heavy atom. The summed E-state index contributed by atoms with van der Waals surface area (Å²) in [6.07, 6.45) is 0. The van der Waals surface area contributed by atoms with Gasteiger partial charge in [0, 0.05) is 23.2 Å². The van der Waals surface area contributed by atoms with Crippen LogP contribution in [0.2, 0.25) is 5.02 Å². The van der Waals surface area contributed by atoms with Gasteiger partial charge in [-0.2, -0.15) is 0 Å². The molecule has 0 spiro atoms. The molecule has 19 heavy (non-hydrogen) atoms. The van der Waals surface area contributed by atoms with Crippen LogP contribution in [0.25, 0.3) is 0 Å². The fourth-order valence-corrected chi connectivity index (χ4v) is 2.21. The number of rotatable bonds is 4. The van der Waals surface area contributed by atoms with E-state index in [9.17, 15) is 5.11 Å². The van der Waals surface area contributed by atoms with Gasteiger partial charge in [0.05, 0.1) is 0 Å². The maximum absolute atomic E-state index is 9.76. The molecule has 0 saturated carbocycles. The van der Waals surface area contributed by atoms with E-state index in [0.29, 0.717) is 11.6 Å². The van der Waals surface area contributed by atoms with Crippen LogP contribution in [0.15, 0.2) is 42.5 Å². The van der Waals surface area contributed by atoms with E-state index in [4.69, 9.17) is 11.6 Å². The summed E-state index contributed by atoms with van der Waals surface area (Å²) in [5.74, 6) is 0.272. The highest BCUT2D eigenvalue weighted by atomic mass is 35.5. The van der Waals surface area contributed by atoms with Gasteiger partial charge in [-0.05, 0) is 37.6 Å². The van der Waals surface area contributed by atoms with Gasteiger partial charge in [0.2, 0.25) is 0 Å². The van der Waals surface area contributed by atoms with Crippen LogP contribution in [-0.2, 0) is 6.54 Å². The average molecular weight is 276 g/mol. The number of hydrogen-bond acceptors (Lipinski definition) is 2. The first-order chi connectivity index (χ1) is 9.06. The predicted molar refractivity (Wildman–Crippen MR) is 79.6 cm³/mol. The standard InChI is InChI=1S/C16H18ClNO/c1-11-4-3-5-13(8-11)12(2)18-10-14-9-15(17)6-7-16(14)19/h3-9,12,18-19H,10H2,1-2H3/t12-/m0/s1.